The first-order valence-corrected chi connectivity index (χ1v) is 7.11. The van der Waals surface area contributed by atoms with E-state index in [1.54, 1.807) is 30.3 Å². The predicted octanol–water partition coefficient (Wildman–Crippen LogP) is 3.37. The van der Waals surface area contributed by atoms with E-state index >= 15 is 0 Å². The van der Waals surface area contributed by atoms with Gasteiger partial charge in [-0.2, -0.15) is 13.2 Å². The molecule has 0 spiro atoms. The van der Waals surface area contributed by atoms with Gasteiger partial charge in [0.05, 0.1) is 19.9 Å². The van der Waals surface area contributed by atoms with Gasteiger partial charge in [-0.25, -0.2) is 14.6 Å². The lowest BCUT2D eigenvalue weighted by Gasteiger charge is -2.07. The molecular formula is C16H13F3N4O2. The summed E-state index contributed by atoms with van der Waals surface area (Å²) >= 11 is 0. The molecule has 0 aliphatic rings. The number of nitrogens with zero attached hydrogens (tertiary/aromatic N) is 4. The lowest BCUT2D eigenvalue weighted by atomic mass is 10.2. The van der Waals surface area contributed by atoms with Crippen LogP contribution in [0.4, 0.5) is 13.2 Å². The number of aromatic nitrogens is 4. The van der Waals surface area contributed by atoms with Crippen LogP contribution in [0.25, 0.3) is 17.1 Å². The predicted molar refractivity (Wildman–Crippen MR) is 82.7 cm³/mol. The normalized spacial score (nSPS) is 11.4. The van der Waals surface area contributed by atoms with Crippen LogP contribution in [0, 0.1) is 0 Å². The van der Waals surface area contributed by atoms with E-state index < -0.39 is 12.0 Å². The Morgan fingerprint density at radius 1 is 0.960 bits per heavy atom. The van der Waals surface area contributed by atoms with Gasteiger partial charge in [0, 0.05) is 17.8 Å². The third-order valence-electron chi connectivity index (χ3n) is 3.38. The summed E-state index contributed by atoms with van der Waals surface area (Å²) in [5, 5.41) is 3.61. The van der Waals surface area contributed by atoms with Crippen LogP contribution in [0.5, 0.6) is 11.6 Å². The van der Waals surface area contributed by atoms with Gasteiger partial charge in [0.25, 0.3) is 5.82 Å². The Hall–Kier alpha value is -3.10. The molecule has 6 nitrogen and oxygen atoms in total. The Kier molecular flexibility index (Phi) is 4.30. The van der Waals surface area contributed by atoms with Crippen molar-refractivity contribution in [2.75, 3.05) is 14.2 Å². The number of hydrogen-bond donors (Lipinski definition) is 0. The highest BCUT2D eigenvalue weighted by Gasteiger charge is 2.37. The monoisotopic (exact) mass is 350 g/mol. The zero-order chi connectivity index (χ0) is 18.0. The van der Waals surface area contributed by atoms with E-state index in [2.05, 4.69) is 15.1 Å². The zero-order valence-corrected chi connectivity index (χ0v) is 13.3. The van der Waals surface area contributed by atoms with Crippen LogP contribution in [-0.2, 0) is 6.18 Å². The molecule has 0 aliphatic carbocycles. The third-order valence-corrected chi connectivity index (χ3v) is 3.38. The Morgan fingerprint density at radius 2 is 1.68 bits per heavy atom. The fourth-order valence-electron chi connectivity index (χ4n) is 2.16. The molecule has 1 aromatic carbocycles. The van der Waals surface area contributed by atoms with E-state index in [-0.39, 0.29) is 5.82 Å². The maximum atomic E-state index is 13.1. The van der Waals surface area contributed by atoms with Gasteiger partial charge in [-0.3, -0.25) is 0 Å². The van der Waals surface area contributed by atoms with Crippen molar-refractivity contribution in [3.8, 4) is 28.7 Å². The summed E-state index contributed by atoms with van der Waals surface area (Å²) < 4.78 is 50.3. The van der Waals surface area contributed by atoms with Gasteiger partial charge in [-0.1, -0.05) is 0 Å². The van der Waals surface area contributed by atoms with E-state index in [1.807, 2.05) is 0 Å². The maximum Gasteiger partial charge on any atom is 0.453 e. The minimum Gasteiger partial charge on any atom is -0.497 e. The second-order valence-corrected chi connectivity index (χ2v) is 4.96. The zero-order valence-electron chi connectivity index (χ0n) is 13.3. The van der Waals surface area contributed by atoms with Crippen molar-refractivity contribution in [3.05, 3.63) is 48.4 Å². The molecule has 3 rings (SSSR count). The van der Waals surface area contributed by atoms with E-state index in [4.69, 9.17) is 9.47 Å². The number of rotatable bonds is 4. The molecule has 0 amide bonds. The first kappa shape index (κ1) is 16.7. The van der Waals surface area contributed by atoms with Crippen molar-refractivity contribution in [2.24, 2.45) is 0 Å². The van der Waals surface area contributed by atoms with Crippen molar-refractivity contribution >= 4 is 0 Å². The minimum absolute atomic E-state index is 0.0210. The molecular weight excluding hydrogens is 337 g/mol. The Morgan fingerprint density at radius 3 is 2.20 bits per heavy atom. The average molecular weight is 350 g/mol. The molecule has 0 bridgehead atoms. The largest absolute Gasteiger partial charge is 0.497 e. The summed E-state index contributed by atoms with van der Waals surface area (Å²) in [5.74, 6) is -0.287. The van der Waals surface area contributed by atoms with Gasteiger partial charge in [0.15, 0.2) is 5.82 Å². The molecule has 130 valence electrons. The number of hydrogen-bond acceptors (Lipinski definition) is 5. The molecule has 9 heteroatoms. The lowest BCUT2D eigenvalue weighted by molar-refractivity contribution is -0.144. The number of ether oxygens (including phenoxy) is 2. The Bertz CT molecular complexity index is 794. The molecule has 0 radical (unpaired) electrons. The second kappa shape index (κ2) is 6.42. The van der Waals surface area contributed by atoms with E-state index in [0.717, 1.165) is 4.68 Å². The molecule has 0 atom stereocenters. The van der Waals surface area contributed by atoms with Gasteiger partial charge in [-0.05, 0) is 30.3 Å². The summed E-state index contributed by atoms with van der Waals surface area (Å²) in [6.07, 6.45) is -3.28. The topological polar surface area (TPSA) is 62.1 Å². The van der Waals surface area contributed by atoms with Crippen LogP contribution in [0.1, 0.15) is 5.82 Å². The Balaban J connectivity index is 2.12. The van der Waals surface area contributed by atoms with E-state index in [9.17, 15) is 13.2 Å². The quantitative estimate of drug-likeness (QED) is 0.722. The summed E-state index contributed by atoms with van der Waals surface area (Å²) in [7, 11) is 2.95. The van der Waals surface area contributed by atoms with Crippen molar-refractivity contribution in [2.45, 2.75) is 6.18 Å². The minimum atomic E-state index is -4.66. The molecule has 0 saturated heterocycles. The van der Waals surface area contributed by atoms with E-state index in [1.165, 1.54) is 26.5 Å². The maximum absolute atomic E-state index is 13.1. The van der Waals surface area contributed by atoms with Crippen LogP contribution in [-0.4, -0.2) is 34.0 Å². The number of halogens is 3. The number of pyridine rings is 1. The fraction of sp³-hybridized carbons (Fsp3) is 0.188. The first-order chi connectivity index (χ1) is 11.9. The van der Waals surface area contributed by atoms with Crippen LogP contribution in [0.2, 0.25) is 0 Å². The highest BCUT2D eigenvalue weighted by molar-refractivity contribution is 5.57. The summed E-state index contributed by atoms with van der Waals surface area (Å²) in [6, 6.07) is 9.54. The average Bonchev–Trinajstić information content (AvgIpc) is 3.07. The molecule has 0 N–H and O–H groups in total. The number of alkyl halides is 3. The fourth-order valence-corrected chi connectivity index (χ4v) is 2.16. The van der Waals surface area contributed by atoms with Crippen molar-refractivity contribution < 1.29 is 22.6 Å². The molecule has 3 aromatic rings. The number of methoxy groups -OCH3 is 2. The molecule has 0 aliphatic heterocycles. The van der Waals surface area contributed by atoms with Gasteiger partial charge in [0.2, 0.25) is 5.88 Å². The van der Waals surface area contributed by atoms with Gasteiger partial charge < -0.3 is 9.47 Å². The highest BCUT2D eigenvalue weighted by atomic mass is 19.4. The van der Waals surface area contributed by atoms with E-state index in [0.29, 0.717) is 22.9 Å². The Labute approximate surface area is 140 Å². The van der Waals surface area contributed by atoms with Crippen LogP contribution in [0.15, 0.2) is 42.6 Å². The third kappa shape index (κ3) is 3.39. The molecule has 25 heavy (non-hydrogen) atoms. The van der Waals surface area contributed by atoms with Gasteiger partial charge in [0.1, 0.15) is 5.75 Å². The summed E-state index contributed by atoms with van der Waals surface area (Å²) in [4.78, 5) is 7.64. The first-order valence-electron chi connectivity index (χ1n) is 7.11. The molecule has 0 unspecified atom stereocenters. The van der Waals surface area contributed by atoms with Crippen LogP contribution in [0.3, 0.4) is 0 Å². The molecule has 2 heterocycles. The molecule has 0 fully saturated rings. The van der Waals surface area contributed by atoms with Crippen molar-refractivity contribution in [1.29, 1.82) is 0 Å². The molecule has 2 aromatic heterocycles. The van der Waals surface area contributed by atoms with Crippen LogP contribution < -0.4 is 9.47 Å². The highest BCUT2D eigenvalue weighted by Crippen LogP contribution is 2.30. The second-order valence-electron chi connectivity index (χ2n) is 4.96. The van der Waals surface area contributed by atoms with Gasteiger partial charge in [-0.15, -0.1) is 5.10 Å². The molecule has 0 saturated carbocycles. The standard InChI is InChI=1S/C16H13F3N4O2/c1-24-12-6-4-11(5-7-12)23-14(21-15(22-23)16(17,18)19)10-3-8-13(25-2)20-9-10/h3-9H,1-2H3. The summed E-state index contributed by atoms with van der Waals surface area (Å²) in [6.45, 7) is 0. The number of benzene rings is 1. The van der Waals surface area contributed by atoms with Crippen molar-refractivity contribution in [1.82, 2.24) is 19.7 Å². The van der Waals surface area contributed by atoms with Crippen molar-refractivity contribution in [3.63, 3.8) is 0 Å². The smallest absolute Gasteiger partial charge is 0.453 e. The van der Waals surface area contributed by atoms with Crippen LogP contribution >= 0.6 is 0 Å². The SMILES string of the molecule is COc1ccc(-n2nc(C(F)(F)F)nc2-c2ccc(OC)nc2)cc1. The lowest BCUT2D eigenvalue weighted by Crippen LogP contribution is -2.08. The summed E-state index contributed by atoms with van der Waals surface area (Å²) in [5.41, 5.74) is 0.786. The van der Waals surface area contributed by atoms with Gasteiger partial charge >= 0.3 is 6.18 Å².